The lowest BCUT2D eigenvalue weighted by molar-refractivity contribution is -0.0601. The van der Waals surface area contributed by atoms with Gasteiger partial charge in [0.05, 0.1) is 5.88 Å². The van der Waals surface area contributed by atoms with E-state index in [1.165, 1.54) is 12.1 Å². The van der Waals surface area contributed by atoms with Crippen molar-refractivity contribution in [2.75, 3.05) is 5.88 Å². The summed E-state index contributed by atoms with van der Waals surface area (Å²) in [4.78, 5) is 0. The summed E-state index contributed by atoms with van der Waals surface area (Å²) in [6.07, 6.45) is 3.63. The molecule has 0 spiro atoms. The zero-order valence-corrected chi connectivity index (χ0v) is 11.9. The minimum atomic E-state index is -0.996. The predicted molar refractivity (Wildman–Crippen MR) is 74.3 cm³/mol. The van der Waals surface area contributed by atoms with Crippen LogP contribution >= 0.6 is 11.6 Å². The molecule has 0 fully saturated rings. The average molecular weight is 287 g/mol. The Labute approximate surface area is 118 Å². The standard InChI is InChI=1S/C15H20ClFO2/c1-2-3-8-15(18,10-16)14-7-4-11-9-12(17)5-6-13(11)19-14/h5-6,9,14,18H,2-4,7-8,10H2,1H3. The number of ether oxygens (including phenoxy) is 1. The van der Waals surface area contributed by atoms with Crippen molar-refractivity contribution in [1.82, 2.24) is 0 Å². The topological polar surface area (TPSA) is 29.5 Å². The lowest BCUT2D eigenvalue weighted by Crippen LogP contribution is -2.49. The third-order valence-corrected chi connectivity index (χ3v) is 4.22. The second-order valence-electron chi connectivity index (χ2n) is 5.24. The van der Waals surface area contributed by atoms with Crippen molar-refractivity contribution in [3.63, 3.8) is 0 Å². The van der Waals surface area contributed by atoms with Gasteiger partial charge in [0.15, 0.2) is 0 Å². The van der Waals surface area contributed by atoms with Crippen molar-refractivity contribution in [2.24, 2.45) is 0 Å². The van der Waals surface area contributed by atoms with E-state index in [-0.39, 0.29) is 17.8 Å². The van der Waals surface area contributed by atoms with Crippen LogP contribution in [-0.2, 0) is 6.42 Å². The first-order valence-electron chi connectivity index (χ1n) is 6.82. The molecule has 2 atom stereocenters. The van der Waals surface area contributed by atoms with Crippen LogP contribution in [0.3, 0.4) is 0 Å². The summed E-state index contributed by atoms with van der Waals surface area (Å²) in [5, 5.41) is 10.6. The molecular formula is C15H20ClFO2. The average Bonchev–Trinajstić information content (AvgIpc) is 2.44. The maximum atomic E-state index is 13.1. The van der Waals surface area contributed by atoms with Crippen molar-refractivity contribution < 1.29 is 14.2 Å². The zero-order valence-electron chi connectivity index (χ0n) is 11.2. The highest BCUT2D eigenvalue weighted by Gasteiger charge is 2.39. The molecule has 1 aliphatic heterocycles. The molecule has 1 N–H and O–H groups in total. The Hall–Kier alpha value is -0.800. The molecule has 1 heterocycles. The Morgan fingerprint density at radius 2 is 2.32 bits per heavy atom. The molecule has 2 unspecified atom stereocenters. The SMILES string of the molecule is CCCCC(O)(CCl)C1CCc2cc(F)ccc2O1. The molecule has 0 bridgehead atoms. The summed E-state index contributed by atoms with van der Waals surface area (Å²) in [6, 6.07) is 4.51. The molecule has 1 aromatic rings. The van der Waals surface area contributed by atoms with Crippen LogP contribution in [0.5, 0.6) is 5.75 Å². The predicted octanol–water partition coefficient (Wildman–Crippen LogP) is 3.68. The number of fused-ring (bicyclic) bond motifs is 1. The minimum Gasteiger partial charge on any atom is -0.487 e. The van der Waals surface area contributed by atoms with E-state index in [0.29, 0.717) is 25.0 Å². The Morgan fingerprint density at radius 3 is 3.00 bits per heavy atom. The first-order chi connectivity index (χ1) is 9.09. The number of unbranched alkanes of at least 4 members (excludes halogenated alkanes) is 1. The van der Waals surface area contributed by atoms with E-state index in [1.54, 1.807) is 6.07 Å². The van der Waals surface area contributed by atoms with Crippen molar-refractivity contribution in [2.45, 2.75) is 50.7 Å². The molecule has 0 saturated heterocycles. The van der Waals surface area contributed by atoms with Crippen LogP contribution in [0.1, 0.15) is 38.2 Å². The van der Waals surface area contributed by atoms with Gasteiger partial charge in [-0.3, -0.25) is 0 Å². The number of hydrogen-bond donors (Lipinski definition) is 1. The van der Waals surface area contributed by atoms with Gasteiger partial charge in [-0.05, 0) is 43.0 Å². The monoisotopic (exact) mass is 286 g/mol. The first-order valence-corrected chi connectivity index (χ1v) is 7.36. The lowest BCUT2D eigenvalue weighted by Gasteiger charge is -2.38. The van der Waals surface area contributed by atoms with E-state index in [1.807, 2.05) is 0 Å². The minimum absolute atomic E-state index is 0.161. The molecule has 19 heavy (non-hydrogen) atoms. The number of halogens is 2. The summed E-state index contributed by atoms with van der Waals surface area (Å²) in [7, 11) is 0. The molecule has 0 amide bonds. The molecule has 0 aromatic heterocycles. The van der Waals surface area contributed by atoms with Crippen LogP contribution in [0.15, 0.2) is 18.2 Å². The van der Waals surface area contributed by atoms with Crippen LogP contribution in [0.25, 0.3) is 0 Å². The molecule has 106 valence electrons. The van der Waals surface area contributed by atoms with Crippen molar-refractivity contribution in [1.29, 1.82) is 0 Å². The Bertz CT molecular complexity index is 438. The highest BCUT2D eigenvalue weighted by Crippen LogP contribution is 2.34. The molecular weight excluding hydrogens is 267 g/mol. The van der Waals surface area contributed by atoms with Gasteiger partial charge in [0.1, 0.15) is 23.3 Å². The second kappa shape index (κ2) is 6.10. The molecule has 0 radical (unpaired) electrons. The number of alkyl halides is 1. The molecule has 2 nitrogen and oxygen atoms in total. The van der Waals surface area contributed by atoms with E-state index in [4.69, 9.17) is 16.3 Å². The maximum absolute atomic E-state index is 13.1. The highest BCUT2D eigenvalue weighted by molar-refractivity contribution is 6.18. The maximum Gasteiger partial charge on any atom is 0.129 e. The van der Waals surface area contributed by atoms with Gasteiger partial charge in [0.25, 0.3) is 0 Å². The summed E-state index contributed by atoms with van der Waals surface area (Å²) in [5.41, 5.74) is -0.132. The number of aliphatic hydroxyl groups is 1. The fourth-order valence-electron chi connectivity index (χ4n) is 2.53. The van der Waals surface area contributed by atoms with Crippen LogP contribution in [-0.4, -0.2) is 22.7 Å². The fourth-order valence-corrected chi connectivity index (χ4v) is 2.84. The quantitative estimate of drug-likeness (QED) is 0.837. The Balaban J connectivity index is 2.13. The first kappa shape index (κ1) is 14.6. The van der Waals surface area contributed by atoms with E-state index < -0.39 is 5.60 Å². The van der Waals surface area contributed by atoms with Gasteiger partial charge in [0, 0.05) is 0 Å². The number of aryl methyl sites for hydroxylation is 1. The Morgan fingerprint density at radius 1 is 1.53 bits per heavy atom. The van der Waals surface area contributed by atoms with Gasteiger partial charge in [0.2, 0.25) is 0 Å². The van der Waals surface area contributed by atoms with E-state index >= 15 is 0 Å². The smallest absolute Gasteiger partial charge is 0.129 e. The molecule has 4 heteroatoms. The fraction of sp³-hybridized carbons (Fsp3) is 0.600. The zero-order chi connectivity index (χ0) is 13.9. The van der Waals surface area contributed by atoms with Gasteiger partial charge < -0.3 is 9.84 Å². The van der Waals surface area contributed by atoms with Crippen molar-refractivity contribution in [3.05, 3.63) is 29.6 Å². The van der Waals surface area contributed by atoms with Gasteiger partial charge in [-0.15, -0.1) is 11.6 Å². The molecule has 2 rings (SSSR count). The summed E-state index contributed by atoms with van der Waals surface area (Å²) < 4.78 is 19.0. The lowest BCUT2D eigenvalue weighted by atomic mass is 9.87. The molecule has 0 saturated carbocycles. The van der Waals surface area contributed by atoms with Crippen LogP contribution in [0.4, 0.5) is 4.39 Å². The van der Waals surface area contributed by atoms with E-state index in [9.17, 15) is 9.50 Å². The molecule has 1 aliphatic rings. The Kier molecular flexibility index (Phi) is 4.69. The third-order valence-electron chi connectivity index (χ3n) is 3.76. The number of benzene rings is 1. The largest absolute Gasteiger partial charge is 0.487 e. The molecule has 0 aliphatic carbocycles. The van der Waals surface area contributed by atoms with Crippen LogP contribution < -0.4 is 4.74 Å². The number of rotatable bonds is 5. The summed E-state index contributed by atoms with van der Waals surface area (Å²) in [6.45, 7) is 2.08. The highest BCUT2D eigenvalue weighted by atomic mass is 35.5. The van der Waals surface area contributed by atoms with E-state index in [0.717, 1.165) is 18.4 Å². The van der Waals surface area contributed by atoms with Gasteiger partial charge in [-0.1, -0.05) is 19.8 Å². The van der Waals surface area contributed by atoms with Crippen LogP contribution in [0, 0.1) is 5.82 Å². The van der Waals surface area contributed by atoms with Crippen molar-refractivity contribution in [3.8, 4) is 5.75 Å². The van der Waals surface area contributed by atoms with E-state index in [2.05, 4.69) is 6.92 Å². The summed E-state index contributed by atoms with van der Waals surface area (Å²) in [5.74, 6) is 0.575. The van der Waals surface area contributed by atoms with Crippen molar-refractivity contribution >= 4 is 11.6 Å². The molecule has 1 aromatic carbocycles. The van der Waals surface area contributed by atoms with Gasteiger partial charge in [-0.2, -0.15) is 0 Å². The second-order valence-corrected chi connectivity index (χ2v) is 5.51. The van der Waals surface area contributed by atoms with Crippen LogP contribution in [0.2, 0.25) is 0 Å². The number of hydrogen-bond acceptors (Lipinski definition) is 2. The van der Waals surface area contributed by atoms with Gasteiger partial charge >= 0.3 is 0 Å². The third kappa shape index (κ3) is 3.21. The summed E-state index contributed by atoms with van der Waals surface area (Å²) >= 11 is 5.94. The van der Waals surface area contributed by atoms with Gasteiger partial charge in [-0.25, -0.2) is 4.39 Å². The normalized spacial score (nSPS) is 21.4.